The molecule has 0 spiro atoms. The Hall–Kier alpha value is -2.83. The summed E-state index contributed by atoms with van der Waals surface area (Å²) in [6.45, 7) is 0.491. The summed E-state index contributed by atoms with van der Waals surface area (Å²) in [5.41, 5.74) is 2.29. The van der Waals surface area contributed by atoms with Crippen molar-refractivity contribution >= 4 is 11.9 Å². The van der Waals surface area contributed by atoms with Crippen molar-refractivity contribution in [2.75, 3.05) is 6.54 Å². The van der Waals surface area contributed by atoms with Crippen LogP contribution in [-0.4, -0.2) is 39.3 Å². The van der Waals surface area contributed by atoms with Crippen molar-refractivity contribution in [3.63, 3.8) is 0 Å². The van der Waals surface area contributed by atoms with Crippen LogP contribution in [0.1, 0.15) is 23.2 Å². The van der Waals surface area contributed by atoms with Crippen molar-refractivity contribution < 1.29 is 18.4 Å². The van der Waals surface area contributed by atoms with Crippen molar-refractivity contribution in [2.45, 2.75) is 31.8 Å². The SMILES string of the molecule is O=C1C[C@@H]2Cc3ccccc3CN2C(=O)N1CCc1ncc(F)cc1F. The van der Waals surface area contributed by atoms with Gasteiger partial charge in [0.05, 0.1) is 11.9 Å². The Bertz CT molecular complexity index is 887. The maximum absolute atomic E-state index is 13.7. The predicted molar refractivity (Wildman–Crippen MR) is 89.1 cm³/mol. The summed E-state index contributed by atoms with van der Waals surface area (Å²) in [6.07, 6.45) is 1.89. The number of fused-ring (bicyclic) bond motifs is 2. The molecule has 1 fully saturated rings. The Morgan fingerprint density at radius 3 is 2.65 bits per heavy atom. The summed E-state index contributed by atoms with van der Waals surface area (Å²) < 4.78 is 26.7. The van der Waals surface area contributed by atoms with Crippen LogP contribution in [-0.2, 0) is 24.2 Å². The van der Waals surface area contributed by atoms with Crippen LogP contribution in [0.4, 0.5) is 13.6 Å². The van der Waals surface area contributed by atoms with E-state index in [1.165, 1.54) is 5.56 Å². The molecule has 3 amide bonds. The maximum Gasteiger partial charge on any atom is 0.327 e. The number of nitrogens with zero attached hydrogens (tertiary/aromatic N) is 3. The predicted octanol–water partition coefficient (Wildman–Crippen LogP) is 2.68. The van der Waals surface area contributed by atoms with Gasteiger partial charge in [0.1, 0.15) is 11.6 Å². The molecule has 5 nitrogen and oxygen atoms in total. The van der Waals surface area contributed by atoms with Gasteiger partial charge in [-0.25, -0.2) is 13.6 Å². The number of carbonyl (C=O) groups excluding carboxylic acids is 2. The first-order chi connectivity index (χ1) is 12.5. The summed E-state index contributed by atoms with van der Waals surface area (Å²) in [5, 5.41) is 0. The average molecular weight is 357 g/mol. The number of imide groups is 1. The molecule has 0 radical (unpaired) electrons. The maximum atomic E-state index is 13.7. The molecule has 2 aliphatic rings. The number of carbonyl (C=O) groups is 2. The van der Waals surface area contributed by atoms with Crippen LogP contribution in [0.15, 0.2) is 36.5 Å². The number of pyridine rings is 1. The quantitative estimate of drug-likeness (QED) is 0.849. The zero-order valence-corrected chi connectivity index (χ0v) is 14.0. The van der Waals surface area contributed by atoms with Crippen LogP contribution in [0.25, 0.3) is 0 Å². The Balaban J connectivity index is 1.50. The molecule has 3 heterocycles. The van der Waals surface area contributed by atoms with Crippen molar-refractivity contribution in [1.82, 2.24) is 14.8 Å². The molecule has 1 aromatic heterocycles. The number of hydrogen-bond donors (Lipinski definition) is 0. The molecule has 0 unspecified atom stereocenters. The van der Waals surface area contributed by atoms with Crippen molar-refractivity contribution in [3.05, 3.63) is 65.0 Å². The van der Waals surface area contributed by atoms with Crippen LogP contribution in [0, 0.1) is 11.6 Å². The molecule has 1 aromatic carbocycles. The van der Waals surface area contributed by atoms with Crippen LogP contribution >= 0.6 is 0 Å². The van der Waals surface area contributed by atoms with Gasteiger partial charge < -0.3 is 4.90 Å². The van der Waals surface area contributed by atoms with E-state index in [4.69, 9.17) is 0 Å². The number of aromatic nitrogens is 1. The summed E-state index contributed by atoms with van der Waals surface area (Å²) in [4.78, 5) is 31.8. The number of benzene rings is 1. The molecule has 2 aliphatic heterocycles. The van der Waals surface area contributed by atoms with E-state index in [-0.39, 0.29) is 43.1 Å². The lowest BCUT2D eigenvalue weighted by Gasteiger charge is -2.43. The van der Waals surface area contributed by atoms with Crippen LogP contribution in [0.5, 0.6) is 0 Å². The molecule has 1 atom stereocenters. The minimum atomic E-state index is -0.772. The molecular weight excluding hydrogens is 340 g/mol. The van der Waals surface area contributed by atoms with E-state index in [1.54, 1.807) is 4.90 Å². The number of hydrogen-bond acceptors (Lipinski definition) is 3. The van der Waals surface area contributed by atoms with Gasteiger partial charge in [-0.3, -0.25) is 14.7 Å². The van der Waals surface area contributed by atoms with E-state index in [0.29, 0.717) is 13.0 Å². The fourth-order valence-corrected chi connectivity index (χ4v) is 3.63. The van der Waals surface area contributed by atoms with Crippen molar-refractivity contribution in [3.8, 4) is 0 Å². The second-order valence-corrected chi connectivity index (χ2v) is 6.62. The molecule has 1 saturated heterocycles. The summed E-state index contributed by atoms with van der Waals surface area (Å²) in [6, 6.07) is 8.15. The topological polar surface area (TPSA) is 53.5 Å². The Morgan fingerprint density at radius 1 is 1.12 bits per heavy atom. The molecule has 0 N–H and O–H groups in total. The van der Waals surface area contributed by atoms with Crippen LogP contribution in [0.3, 0.4) is 0 Å². The molecule has 0 bridgehead atoms. The first-order valence-electron chi connectivity index (χ1n) is 8.50. The van der Waals surface area contributed by atoms with Gasteiger partial charge in [0, 0.05) is 38.0 Å². The molecule has 0 saturated carbocycles. The van der Waals surface area contributed by atoms with E-state index < -0.39 is 11.6 Å². The van der Waals surface area contributed by atoms with Gasteiger partial charge in [0.2, 0.25) is 5.91 Å². The summed E-state index contributed by atoms with van der Waals surface area (Å²) >= 11 is 0. The highest BCUT2D eigenvalue weighted by Gasteiger charge is 2.40. The zero-order chi connectivity index (χ0) is 18.3. The lowest BCUT2D eigenvalue weighted by Crippen LogP contribution is -2.58. The largest absolute Gasteiger partial charge is 0.327 e. The summed E-state index contributed by atoms with van der Waals surface area (Å²) in [5.74, 6) is -1.80. The Kier molecular flexibility index (Phi) is 4.14. The second-order valence-electron chi connectivity index (χ2n) is 6.62. The smallest absolute Gasteiger partial charge is 0.316 e. The number of halogens is 2. The number of urea groups is 1. The van der Waals surface area contributed by atoms with Gasteiger partial charge in [-0.1, -0.05) is 24.3 Å². The Morgan fingerprint density at radius 2 is 1.88 bits per heavy atom. The molecule has 26 heavy (non-hydrogen) atoms. The third kappa shape index (κ3) is 2.94. The fourth-order valence-electron chi connectivity index (χ4n) is 3.63. The van der Waals surface area contributed by atoms with Crippen LogP contribution in [0.2, 0.25) is 0 Å². The molecule has 7 heteroatoms. The summed E-state index contributed by atoms with van der Waals surface area (Å²) in [7, 11) is 0. The third-order valence-corrected chi connectivity index (χ3v) is 5.00. The van der Waals surface area contributed by atoms with Crippen molar-refractivity contribution in [2.24, 2.45) is 0 Å². The first kappa shape index (κ1) is 16.6. The molecule has 0 aliphatic carbocycles. The van der Waals surface area contributed by atoms with Gasteiger partial charge in [-0.15, -0.1) is 0 Å². The number of amides is 3. The number of rotatable bonds is 3. The van der Waals surface area contributed by atoms with Crippen molar-refractivity contribution in [1.29, 1.82) is 0 Å². The third-order valence-electron chi connectivity index (χ3n) is 5.00. The van der Waals surface area contributed by atoms with E-state index in [1.807, 2.05) is 24.3 Å². The normalized spacial score (nSPS) is 19.4. The van der Waals surface area contributed by atoms with E-state index in [9.17, 15) is 18.4 Å². The average Bonchev–Trinajstić information content (AvgIpc) is 2.62. The highest BCUT2D eigenvalue weighted by Crippen LogP contribution is 2.29. The molecule has 2 aromatic rings. The van der Waals surface area contributed by atoms with E-state index in [2.05, 4.69) is 4.98 Å². The fraction of sp³-hybridized carbons (Fsp3) is 0.316. The van der Waals surface area contributed by atoms with Gasteiger partial charge in [-0.05, 0) is 17.5 Å². The second kappa shape index (κ2) is 6.48. The standard InChI is InChI=1S/C19H17F2N3O2/c20-14-8-16(21)17(22-10-14)5-6-23-18(25)9-15-7-12-3-1-2-4-13(12)11-24(15)19(23)26/h1-4,8,10,15H,5-7,9,11H2/t15-/m0/s1. The van der Waals surface area contributed by atoms with Crippen LogP contribution < -0.4 is 0 Å². The van der Waals surface area contributed by atoms with Gasteiger partial charge >= 0.3 is 6.03 Å². The first-order valence-corrected chi connectivity index (χ1v) is 8.50. The van der Waals surface area contributed by atoms with E-state index >= 15 is 0 Å². The van der Waals surface area contributed by atoms with E-state index in [0.717, 1.165) is 22.7 Å². The zero-order valence-electron chi connectivity index (χ0n) is 14.0. The monoisotopic (exact) mass is 357 g/mol. The lowest BCUT2D eigenvalue weighted by molar-refractivity contribution is -0.133. The minimum absolute atomic E-state index is 0.0259. The lowest BCUT2D eigenvalue weighted by atomic mass is 9.91. The molecule has 4 rings (SSSR count). The molecule has 134 valence electrons. The minimum Gasteiger partial charge on any atom is -0.316 e. The highest BCUT2D eigenvalue weighted by atomic mass is 19.1. The van der Waals surface area contributed by atoms with Gasteiger partial charge in [-0.2, -0.15) is 0 Å². The molecular formula is C19H17F2N3O2. The van der Waals surface area contributed by atoms with Gasteiger partial charge in [0.15, 0.2) is 0 Å². The Labute approximate surface area is 149 Å². The highest BCUT2D eigenvalue weighted by molar-refractivity contribution is 5.97. The van der Waals surface area contributed by atoms with Gasteiger partial charge in [0.25, 0.3) is 0 Å².